The molecule has 1 aliphatic heterocycles. The smallest absolute Gasteiger partial charge is 0.434 e. The number of hydrogen-bond acceptors (Lipinski definition) is 7. The fourth-order valence-corrected chi connectivity index (χ4v) is 5.98. The lowest BCUT2D eigenvalue weighted by molar-refractivity contribution is -0.140. The second-order valence-corrected chi connectivity index (χ2v) is 10.8. The Morgan fingerprint density at radius 2 is 1.87 bits per heavy atom. The highest BCUT2D eigenvalue weighted by molar-refractivity contribution is 5.74. The van der Waals surface area contributed by atoms with Gasteiger partial charge < -0.3 is 14.2 Å². The molecule has 3 aliphatic rings. The van der Waals surface area contributed by atoms with Crippen molar-refractivity contribution in [1.29, 1.82) is 0 Å². The standard InChI is InChI=1S/C27H27F3N8O/c1-36-12-18(27(28,29)30)34-24(36)16-6-7-19(31-10-16)38-11-17-22(35-37(2)23(17)26(13-38)8-9-26)20-21(15-4-5-15)32-14-33-25(20)39-3/h6-7,10,12,14-15H,4-5,8-9,11,13H2,1-3H3. The molecule has 0 aromatic carbocycles. The van der Waals surface area contributed by atoms with Crippen LogP contribution in [-0.4, -0.2) is 47.9 Å². The van der Waals surface area contributed by atoms with Crippen LogP contribution in [0.4, 0.5) is 19.0 Å². The SMILES string of the molecule is COc1ncnc(C2CC2)c1-c1nn(C)c2c1CN(c1ccc(-c3nc(C(F)(F)F)cn3C)cn1)CC21CC1. The van der Waals surface area contributed by atoms with E-state index in [0.717, 1.165) is 66.8 Å². The minimum Gasteiger partial charge on any atom is -0.480 e. The van der Waals surface area contributed by atoms with Crippen molar-refractivity contribution >= 4 is 5.82 Å². The van der Waals surface area contributed by atoms with Gasteiger partial charge in [0.1, 0.15) is 23.7 Å². The minimum absolute atomic E-state index is 0.0160. The highest BCUT2D eigenvalue weighted by Crippen LogP contribution is 2.55. The van der Waals surface area contributed by atoms with Crippen molar-refractivity contribution in [3.63, 3.8) is 0 Å². The van der Waals surface area contributed by atoms with Crippen molar-refractivity contribution in [2.75, 3.05) is 18.6 Å². The third-order valence-corrected chi connectivity index (χ3v) is 8.08. The Bertz CT molecular complexity index is 1580. The molecule has 2 saturated carbocycles. The fourth-order valence-electron chi connectivity index (χ4n) is 5.98. The lowest BCUT2D eigenvalue weighted by Crippen LogP contribution is -2.39. The molecule has 0 atom stereocenters. The van der Waals surface area contributed by atoms with E-state index < -0.39 is 11.9 Å². The number of ether oxygens (including phenoxy) is 1. The van der Waals surface area contributed by atoms with E-state index >= 15 is 0 Å². The Labute approximate surface area is 222 Å². The number of hydrogen-bond donors (Lipinski definition) is 0. The van der Waals surface area contributed by atoms with Crippen LogP contribution in [0.1, 0.15) is 54.2 Å². The van der Waals surface area contributed by atoms with E-state index in [1.807, 2.05) is 17.8 Å². The monoisotopic (exact) mass is 536 g/mol. The summed E-state index contributed by atoms with van der Waals surface area (Å²) < 4.78 is 48.5. The van der Waals surface area contributed by atoms with Gasteiger partial charge in [-0.1, -0.05) is 0 Å². The molecule has 39 heavy (non-hydrogen) atoms. The van der Waals surface area contributed by atoms with E-state index in [1.165, 1.54) is 10.3 Å². The number of aromatic nitrogens is 7. The molecule has 5 heterocycles. The van der Waals surface area contributed by atoms with Crippen LogP contribution in [0, 0.1) is 0 Å². The van der Waals surface area contributed by atoms with Crippen molar-refractivity contribution in [3.05, 3.63) is 53.5 Å². The Morgan fingerprint density at radius 3 is 2.49 bits per heavy atom. The molecule has 2 aliphatic carbocycles. The van der Waals surface area contributed by atoms with Gasteiger partial charge in [-0.2, -0.15) is 18.3 Å². The highest BCUT2D eigenvalue weighted by atomic mass is 19.4. The normalized spacial score (nSPS) is 17.9. The summed E-state index contributed by atoms with van der Waals surface area (Å²) in [6.45, 7) is 1.39. The molecule has 9 nitrogen and oxygen atoms in total. The zero-order valence-electron chi connectivity index (χ0n) is 21.8. The number of aryl methyl sites for hydroxylation is 2. The molecule has 1 spiro atoms. The van der Waals surface area contributed by atoms with Gasteiger partial charge in [0.2, 0.25) is 5.88 Å². The molecular weight excluding hydrogens is 509 g/mol. The summed E-state index contributed by atoms with van der Waals surface area (Å²) in [6.07, 6.45) is 3.94. The number of methoxy groups -OCH3 is 1. The summed E-state index contributed by atoms with van der Waals surface area (Å²) in [7, 11) is 5.17. The number of alkyl halides is 3. The Hall–Kier alpha value is -3.96. The number of pyridine rings is 1. The van der Waals surface area contributed by atoms with Crippen LogP contribution < -0.4 is 9.64 Å². The predicted molar refractivity (Wildman–Crippen MR) is 136 cm³/mol. The first kappa shape index (κ1) is 24.1. The minimum atomic E-state index is -4.50. The summed E-state index contributed by atoms with van der Waals surface area (Å²) in [5.74, 6) is 1.90. The first-order valence-corrected chi connectivity index (χ1v) is 13.0. The number of anilines is 1. The van der Waals surface area contributed by atoms with Crippen LogP contribution in [0.5, 0.6) is 5.88 Å². The van der Waals surface area contributed by atoms with E-state index in [1.54, 1.807) is 32.7 Å². The van der Waals surface area contributed by atoms with Crippen LogP contribution in [0.25, 0.3) is 22.6 Å². The summed E-state index contributed by atoms with van der Waals surface area (Å²) in [6, 6.07) is 3.64. The van der Waals surface area contributed by atoms with Crippen LogP contribution >= 0.6 is 0 Å². The number of fused-ring (bicyclic) bond motifs is 2. The van der Waals surface area contributed by atoms with Gasteiger partial charge in [-0.3, -0.25) is 4.68 Å². The van der Waals surface area contributed by atoms with Crippen LogP contribution in [-0.2, 0) is 32.2 Å². The topological polar surface area (TPSA) is 86.8 Å². The van der Waals surface area contributed by atoms with Gasteiger partial charge in [-0.15, -0.1) is 0 Å². The number of rotatable bonds is 5. The quantitative estimate of drug-likeness (QED) is 0.368. The van der Waals surface area contributed by atoms with Crippen molar-refractivity contribution < 1.29 is 17.9 Å². The second-order valence-electron chi connectivity index (χ2n) is 10.8. The molecule has 12 heteroatoms. The lowest BCUT2D eigenvalue weighted by atomic mass is 9.90. The average Bonchev–Trinajstić information content (AvgIpc) is 3.83. The molecule has 7 rings (SSSR count). The predicted octanol–water partition coefficient (Wildman–Crippen LogP) is 4.63. The molecule has 0 bridgehead atoms. The van der Waals surface area contributed by atoms with Gasteiger partial charge in [-0.05, 0) is 37.8 Å². The molecule has 2 fully saturated rings. The fraction of sp³-hybridized carbons (Fsp3) is 0.444. The maximum absolute atomic E-state index is 13.2. The summed E-state index contributed by atoms with van der Waals surface area (Å²) in [5.41, 5.74) is 4.67. The number of imidazole rings is 1. The first-order valence-electron chi connectivity index (χ1n) is 13.0. The molecule has 0 unspecified atom stereocenters. The molecular formula is C27H27F3N8O. The van der Waals surface area contributed by atoms with Gasteiger partial charge in [0.15, 0.2) is 5.69 Å². The maximum atomic E-state index is 13.2. The zero-order chi connectivity index (χ0) is 27.1. The third-order valence-electron chi connectivity index (χ3n) is 8.08. The molecule has 0 radical (unpaired) electrons. The average molecular weight is 537 g/mol. The van der Waals surface area contributed by atoms with E-state index in [4.69, 9.17) is 9.84 Å². The molecule has 0 amide bonds. The summed E-state index contributed by atoms with van der Waals surface area (Å²) in [4.78, 5) is 19.7. The second kappa shape index (κ2) is 8.27. The van der Waals surface area contributed by atoms with Crippen molar-refractivity contribution in [2.45, 2.75) is 49.7 Å². The molecule has 0 saturated heterocycles. The van der Waals surface area contributed by atoms with Gasteiger partial charge >= 0.3 is 6.18 Å². The van der Waals surface area contributed by atoms with E-state index in [9.17, 15) is 13.2 Å². The zero-order valence-corrected chi connectivity index (χ0v) is 21.8. The van der Waals surface area contributed by atoms with E-state index in [-0.39, 0.29) is 11.2 Å². The Morgan fingerprint density at radius 1 is 1.08 bits per heavy atom. The number of halogens is 3. The highest BCUT2D eigenvalue weighted by Gasteiger charge is 2.53. The molecule has 202 valence electrons. The van der Waals surface area contributed by atoms with Gasteiger partial charge in [-0.25, -0.2) is 19.9 Å². The van der Waals surface area contributed by atoms with Gasteiger partial charge in [0.05, 0.1) is 24.1 Å². The summed E-state index contributed by atoms with van der Waals surface area (Å²) in [5, 5.41) is 5.00. The van der Waals surface area contributed by atoms with Crippen LogP contribution in [0.2, 0.25) is 0 Å². The van der Waals surface area contributed by atoms with Crippen molar-refractivity contribution in [2.24, 2.45) is 14.1 Å². The number of nitrogens with zero attached hydrogens (tertiary/aromatic N) is 8. The van der Waals surface area contributed by atoms with Gasteiger partial charge in [0, 0.05) is 62.0 Å². The Kier molecular flexibility index (Phi) is 5.11. The summed E-state index contributed by atoms with van der Waals surface area (Å²) >= 11 is 0. The van der Waals surface area contributed by atoms with E-state index in [0.29, 0.717) is 23.9 Å². The molecule has 4 aromatic heterocycles. The first-order chi connectivity index (χ1) is 18.7. The van der Waals surface area contributed by atoms with Crippen molar-refractivity contribution in [1.82, 2.24) is 34.3 Å². The molecule has 0 N–H and O–H groups in total. The van der Waals surface area contributed by atoms with Crippen molar-refractivity contribution in [3.8, 4) is 28.5 Å². The van der Waals surface area contributed by atoms with Crippen LogP contribution in [0.3, 0.4) is 0 Å². The van der Waals surface area contributed by atoms with E-state index in [2.05, 4.69) is 24.8 Å². The van der Waals surface area contributed by atoms with Gasteiger partial charge in [0.25, 0.3) is 0 Å². The van der Waals surface area contributed by atoms with Crippen LogP contribution in [0.15, 0.2) is 30.9 Å². The third kappa shape index (κ3) is 3.87. The maximum Gasteiger partial charge on any atom is 0.434 e. The Balaban J connectivity index is 1.26. The largest absolute Gasteiger partial charge is 0.480 e. The lowest BCUT2D eigenvalue weighted by Gasteiger charge is -2.34. The molecule has 4 aromatic rings.